The summed E-state index contributed by atoms with van der Waals surface area (Å²) in [5, 5.41) is 3.32. The maximum Gasteiger partial charge on any atom is 0.471 e. The summed E-state index contributed by atoms with van der Waals surface area (Å²) in [6, 6.07) is 1.41. The van der Waals surface area contributed by atoms with Gasteiger partial charge >= 0.3 is 12.1 Å². The predicted molar refractivity (Wildman–Crippen MR) is 74.9 cm³/mol. The van der Waals surface area contributed by atoms with Crippen LogP contribution in [0.3, 0.4) is 0 Å². The molecule has 3 heterocycles. The van der Waals surface area contributed by atoms with E-state index >= 15 is 0 Å². The van der Waals surface area contributed by atoms with Crippen molar-refractivity contribution >= 4 is 0 Å². The van der Waals surface area contributed by atoms with Gasteiger partial charge in [0.1, 0.15) is 0 Å². The molecule has 0 fully saturated rings. The quantitative estimate of drug-likeness (QED) is 0.786. The third kappa shape index (κ3) is 3.16. The largest absolute Gasteiger partial charge is 0.471 e. The van der Waals surface area contributed by atoms with Crippen molar-refractivity contribution in [2.75, 3.05) is 0 Å². The smallest absolute Gasteiger partial charge is 0.329 e. The van der Waals surface area contributed by atoms with Crippen LogP contribution in [0.4, 0.5) is 13.2 Å². The Labute approximate surface area is 132 Å². The van der Waals surface area contributed by atoms with Crippen LogP contribution in [0.2, 0.25) is 0 Å². The number of aromatic amines is 1. The summed E-state index contributed by atoms with van der Waals surface area (Å²) in [4.78, 5) is 26.1. The third-order valence-electron chi connectivity index (χ3n) is 3.17. The zero-order valence-corrected chi connectivity index (χ0v) is 12.3. The van der Waals surface area contributed by atoms with Crippen molar-refractivity contribution in [1.29, 1.82) is 0 Å². The van der Waals surface area contributed by atoms with Crippen LogP contribution >= 0.6 is 0 Å². The first-order chi connectivity index (χ1) is 11.3. The Morgan fingerprint density at radius 2 is 2.04 bits per heavy atom. The van der Waals surface area contributed by atoms with Gasteiger partial charge < -0.3 is 9.51 Å². The molecule has 0 aliphatic rings. The van der Waals surface area contributed by atoms with E-state index in [1.54, 1.807) is 6.92 Å². The number of aromatic nitrogens is 5. The lowest BCUT2D eigenvalue weighted by Gasteiger charge is -2.05. The van der Waals surface area contributed by atoms with Crippen LogP contribution in [0.25, 0.3) is 11.4 Å². The standard InChI is InChI=1S/C14H10F3N5O2/c1-7-5-20-8(6-19-7)4-10-9(2-3-18-12(10)23)11-21-13(24-22-11)14(15,16)17/h2-3,5-6H,4H2,1H3,(H,18,23). The van der Waals surface area contributed by atoms with E-state index < -0.39 is 17.6 Å². The zero-order valence-electron chi connectivity index (χ0n) is 12.3. The highest BCUT2D eigenvalue weighted by atomic mass is 19.4. The molecule has 0 aliphatic carbocycles. The highest BCUT2D eigenvalue weighted by Crippen LogP contribution is 2.29. The Morgan fingerprint density at radius 3 is 2.67 bits per heavy atom. The molecule has 3 aromatic rings. The second-order valence-electron chi connectivity index (χ2n) is 4.95. The summed E-state index contributed by atoms with van der Waals surface area (Å²) >= 11 is 0. The van der Waals surface area contributed by atoms with Gasteiger partial charge in [0, 0.05) is 36.1 Å². The monoisotopic (exact) mass is 337 g/mol. The molecule has 3 aromatic heterocycles. The van der Waals surface area contributed by atoms with Gasteiger partial charge in [0.15, 0.2) is 0 Å². The summed E-state index contributed by atoms with van der Waals surface area (Å²) in [5.41, 5.74) is 1.02. The first-order valence-electron chi connectivity index (χ1n) is 6.74. The van der Waals surface area contributed by atoms with Gasteiger partial charge in [-0.15, -0.1) is 0 Å². The molecule has 7 nitrogen and oxygen atoms in total. The van der Waals surface area contributed by atoms with Crippen LogP contribution in [0.5, 0.6) is 0 Å². The van der Waals surface area contributed by atoms with Crippen molar-refractivity contribution in [2.24, 2.45) is 0 Å². The number of hydrogen-bond acceptors (Lipinski definition) is 6. The van der Waals surface area contributed by atoms with E-state index in [-0.39, 0.29) is 23.4 Å². The molecule has 0 atom stereocenters. The van der Waals surface area contributed by atoms with Gasteiger partial charge in [0.05, 0.1) is 11.4 Å². The Hall–Kier alpha value is -3.04. The number of halogens is 3. The van der Waals surface area contributed by atoms with Gasteiger partial charge in [-0.2, -0.15) is 18.2 Å². The summed E-state index contributed by atoms with van der Waals surface area (Å²) < 4.78 is 42.0. The minimum Gasteiger partial charge on any atom is -0.329 e. The highest BCUT2D eigenvalue weighted by molar-refractivity contribution is 5.59. The first kappa shape index (κ1) is 15.8. The van der Waals surface area contributed by atoms with Crippen LogP contribution in [0.1, 0.15) is 22.8 Å². The second kappa shape index (κ2) is 5.87. The maximum atomic E-state index is 12.6. The summed E-state index contributed by atoms with van der Waals surface area (Å²) in [5.74, 6) is -1.79. The Morgan fingerprint density at radius 1 is 1.25 bits per heavy atom. The number of alkyl halides is 3. The lowest BCUT2D eigenvalue weighted by molar-refractivity contribution is -0.159. The van der Waals surface area contributed by atoms with E-state index in [0.717, 1.165) is 0 Å². The molecule has 0 spiro atoms. The van der Waals surface area contributed by atoms with Crippen LogP contribution in [-0.4, -0.2) is 25.1 Å². The predicted octanol–water partition coefficient (Wildman–Crippen LogP) is 2.13. The van der Waals surface area contributed by atoms with Gasteiger partial charge in [-0.25, -0.2) is 0 Å². The molecule has 0 bridgehead atoms. The fraction of sp³-hybridized carbons (Fsp3) is 0.214. The Balaban J connectivity index is 2.03. The second-order valence-corrected chi connectivity index (χ2v) is 4.95. The summed E-state index contributed by atoms with van der Waals surface area (Å²) in [7, 11) is 0. The number of aryl methyl sites for hydroxylation is 1. The van der Waals surface area contributed by atoms with Gasteiger partial charge in [0.2, 0.25) is 5.82 Å². The molecule has 0 radical (unpaired) electrons. The molecule has 0 aromatic carbocycles. The number of rotatable bonds is 3. The molecule has 0 saturated carbocycles. The van der Waals surface area contributed by atoms with Crippen LogP contribution in [0, 0.1) is 6.92 Å². The number of nitrogens with one attached hydrogen (secondary N) is 1. The fourth-order valence-electron chi connectivity index (χ4n) is 2.04. The molecule has 0 aliphatic heterocycles. The molecule has 1 N–H and O–H groups in total. The lowest BCUT2D eigenvalue weighted by atomic mass is 10.0. The van der Waals surface area contributed by atoms with Crippen LogP contribution < -0.4 is 5.56 Å². The van der Waals surface area contributed by atoms with Crippen molar-refractivity contribution in [3.63, 3.8) is 0 Å². The van der Waals surface area contributed by atoms with Gasteiger partial charge in [-0.1, -0.05) is 5.16 Å². The maximum absolute atomic E-state index is 12.6. The average Bonchev–Trinajstić information content (AvgIpc) is 3.01. The van der Waals surface area contributed by atoms with Gasteiger partial charge in [-0.05, 0) is 13.0 Å². The van der Waals surface area contributed by atoms with Crippen molar-refractivity contribution in [3.8, 4) is 11.4 Å². The molecule has 24 heavy (non-hydrogen) atoms. The van der Waals surface area contributed by atoms with Crippen molar-refractivity contribution in [2.45, 2.75) is 19.5 Å². The molecule has 3 rings (SSSR count). The van der Waals surface area contributed by atoms with Crippen LogP contribution in [-0.2, 0) is 12.6 Å². The Bertz CT molecular complexity index is 915. The summed E-state index contributed by atoms with van der Waals surface area (Å²) in [6.45, 7) is 1.76. The minimum absolute atomic E-state index is 0.0642. The van der Waals surface area contributed by atoms with Gasteiger partial charge in [-0.3, -0.25) is 14.8 Å². The SMILES string of the molecule is Cc1cnc(Cc2c(-c3noc(C(F)(F)F)n3)cc[nH]c2=O)cn1. The van der Waals surface area contributed by atoms with Crippen molar-refractivity contribution < 1.29 is 17.7 Å². The topological polar surface area (TPSA) is 97.6 Å². The summed E-state index contributed by atoms with van der Waals surface area (Å²) in [6.07, 6.45) is -0.375. The van der Waals surface area contributed by atoms with Crippen molar-refractivity contribution in [1.82, 2.24) is 25.1 Å². The minimum atomic E-state index is -4.75. The van der Waals surface area contributed by atoms with E-state index in [0.29, 0.717) is 11.4 Å². The first-order valence-corrected chi connectivity index (χ1v) is 6.74. The number of H-pyrrole nitrogens is 1. The van der Waals surface area contributed by atoms with E-state index in [1.807, 2.05) is 0 Å². The molecule has 0 unspecified atom stereocenters. The van der Waals surface area contributed by atoms with E-state index in [1.165, 1.54) is 24.7 Å². The van der Waals surface area contributed by atoms with E-state index in [4.69, 9.17) is 0 Å². The fourth-order valence-corrected chi connectivity index (χ4v) is 2.04. The lowest BCUT2D eigenvalue weighted by Crippen LogP contribution is -2.15. The normalized spacial score (nSPS) is 11.7. The molecule has 10 heteroatoms. The van der Waals surface area contributed by atoms with Gasteiger partial charge in [0.25, 0.3) is 5.56 Å². The zero-order chi connectivity index (χ0) is 17.3. The number of pyridine rings is 1. The number of nitrogens with zero attached hydrogens (tertiary/aromatic N) is 4. The highest BCUT2D eigenvalue weighted by Gasteiger charge is 2.38. The third-order valence-corrected chi connectivity index (χ3v) is 3.17. The number of hydrogen-bond donors (Lipinski definition) is 1. The average molecular weight is 337 g/mol. The molecule has 0 saturated heterocycles. The van der Waals surface area contributed by atoms with E-state index in [2.05, 4.69) is 29.6 Å². The molecule has 124 valence electrons. The van der Waals surface area contributed by atoms with Crippen molar-refractivity contribution in [3.05, 3.63) is 57.9 Å². The van der Waals surface area contributed by atoms with Crippen LogP contribution in [0.15, 0.2) is 34.0 Å². The molecular formula is C14H10F3N5O2. The molecular weight excluding hydrogens is 327 g/mol. The van der Waals surface area contributed by atoms with E-state index in [9.17, 15) is 18.0 Å². The molecule has 0 amide bonds. The Kier molecular flexibility index (Phi) is 3.87.